The molecule has 1 aromatic heterocycles. The van der Waals surface area contributed by atoms with Crippen LogP contribution in [0.1, 0.15) is 6.42 Å². The average Bonchev–Trinajstić information content (AvgIpc) is 2.31. The number of anilines is 1. The van der Waals surface area contributed by atoms with Crippen LogP contribution in [0.2, 0.25) is 5.02 Å². The Labute approximate surface area is 112 Å². The molecule has 98 valence electrons. The van der Waals surface area contributed by atoms with E-state index in [0.29, 0.717) is 17.3 Å². The SMILES string of the molecule is C#CCn1ncc(Cl)c(NCCCN(C)C)c1=O. The number of hydrogen-bond donors (Lipinski definition) is 1. The number of rotatable bonds is 6. The summed E-state index contributed by atoms with van der Waals surface area (Å²) in [6.07, 6.45) is 7.51. The second-order valence-corrected chi connectivity index (χ2v) is 4.53. The standard InChI is InChI=1S/C12H17ClN4O/c1-4-7-17-12(18)11(10(13)9-15-17)14-6-5-8-16(2)3/h1,9,14H,5-8H2,2-3H3. The molecule has 18 heavy (non-hydrogen) atoms. The van der Waals surface area contributed by atoms with Crippen LogP contribution in [0.4, 0.5) is 5.69 Å². The highest BCUT2D eigenvalue weighted by Crippen LogP contribution is 2.14. The minimum Gasteiger partial charge on any atom is -0.379 e. The molecule has 0 spiro atoms. The molecular formula is C12H17ClN4O. The van der Waals surface area contributed by atoms with E-state index in [1.807, 2.05) is 14.1 Å². The maximum atomic E-state index is 12.0. The van der Waals surface area contributed by atoms with Gasteiger partial charge in [-0.2, -0.15) is 5.10 Å². The van der Waals surface area contributed by atoms with Crippen molar-refractivity contribution in [1.82, 2.24) is 14.7 Å². The fraction of sp³-hybridized carbons (Fsp3) is 0.500. The van der Waals surface area contributed by atoms with Crippen LogP contribution in [0.5, 0.6) is 0 Å². The van der Waals surface area contributed by atoms with Crippen LogP contribution in [0.25, 0.3) is 0 Å². The summed E-state index contributed by atoms with van der Waals surface area (Å²) >= 11 is 5.94. The van der Waals surface area contributed by atoms with Crippen molar-refractivity contribution in [1.29, 1.82) is 0 Å². The number of halogens is 1. The monoisotopic (exact) mass is 268 g/mol. The average molecular weight is 269 g/mol. The molecule has 0 saturated carbocycles. The topological polar surface area (TPSA) is 50.2 Å². The maximum absolute atomic E-state index is 12.0. The van der Waals surface area contributed by atoms with E-state index in [9.17, 15) is 4.79 Å². The number of aromatic nitrogens is 2. The highest BCUT2D eigenvalue weighted by atomic mass is 35.5. The van der Waals surface area contributed by atoms with E-state index in [4.69, 9.17) is 18.0 Å². The molecule has 0 bridgehead atoms. The Kier molecular flexibility index (Phi) is 5.69. The summed E-state index contributed by atoms with van der Waals surface area (Å²) in [6, 6.07) is 0. The van der Waals surface area contributed by atoms with Crippen molar-refractivity contribution in [2.24, 2.45) is 0 Å². The van der Waals surface area contributed by atoms with Gasteiger partial charge in [-0.25, -0.2) is 4.68 Å². The Morgan fingerprint density at radius 1 is 1.61 bits per heavy atom. The third-order valence-corrected chi connectivity index (χ3v) is 2.61. The Bertz CT molecular complexity index is 490. The molecule has 0 unspecified atom stereocenters. The fourth-order valence-corrected chi connectivity index (χ4v) is 1.63. The summed E-state index contributed by atoms with van der Waals surface area (Å²) in [5.41, 5.74) is 0.0750. The van der Waals surface area contributed by atoms with E-state index in [1.54, 1.807) is 0 Å². The minimum absolute atomic E-state index is 0.141. The maximum Gasteiger partial charge on any atom is 0.292 e. The third-order valence-electron chi connectivity index (χ3n) is 2.32. The first-order valence-corrected chi connectivity index (χ1v) is 6.01. The number of terminal acetylenes is 1. The van der Waals surface area contributed by atoms with Gasteiger partial charge in [-0.1, -0.05) is 17.5 Å². The van der Waals surface area contributed by atoms with E-state index in [0.717, 1.165) is 13.0 Å². The number of nitrogens with one attached hydrogen (secondary N) is 1. The zero-order valence-corrected chi connectivity index (χ0v) is 11.4. The molecule has 0 aromatic carbocycles. The van der Waals surface area contributed by atoms with Crippen molar-refractivity contribution in [2.45, 2.75) is 13.0 Å². The molecule has 0 aliphatic heterocycles. The van der Waals surface area contributed by atoms with Crippen molar-refractivity contribution in [3.63, 3.8) is 0 Å². The van der Waals surface area contributed by atoms with Crippen molar-refractivity contribution in [2.75, 3.05) is 32.5 Å². The predicted octanol–water partition coefficient (Wildman–Crippen LogP) is 0.893. The van der Waals surface area contributed by atoms with Gasteiger partial charge in [-0.15, -0.1) is 6.42 Å². The lowest BCUT2D eigenvalue weighted by molar-refractivity contribution is 0.405. The van der Waals surface area contributed by atoms with Gasteiger partial charge in [0.1, 0.15) is 12.2 Å². The molecule has 0 atom stereocenters. The first kappa shape index (κ1) is 14.6. The molecule has 5 nitrogen and oxygen atoms in total. The van der Waals surface area contributed by atoms with Gasteiger partial charge in [-0.05, 0) is 27.1 Å². The molecule has 0 amide bonds. The van der Waals surface area contributed by atoms with Gasteiger partial charge in [0.05, 0.1) is 11.2 Å². The number of nitrogens with zero attached hydrogens (tertiary/aromatic N) is 3. The molecule has 0 saturated heterocycles. The largest absolute Gasteiger partial charge is 0.379 e. The Balaban J connectivity index is 2.73. The Morgan fingerprint density at radius 3 is 2.94 bits per heavy atom. The van der Waals surface area contributed by atoms with Crippen molar-refractivity contribution in [3.8, 4) is 12.3 Å². The van der Waals surface area contributed by atoms with Gasteiger partial charge in [0.15, 0.2) is 0 Å². The molecule has 0 aliphatic carbocycles. The van der Waals surface area contributed by atoms with Crippen LogP contribution < -0.4 is 10.9 Å². The molecule has 0 radical (unpaired) electrons. The van der Waals surface area contributed by atoms with E-state index in [1.165, 1.54) is 10.9 Å². The minimum atomic E-state index is -0.287. The fourth-order valence-electron chi connectivity index (χ4n) is 1.44. The van der Waals surface area contributed by atoms with Crippen LogP contribution in [0.15, 0.2) is 11.0 Å². The predicted molar refractivity (Wildman–Crippen MR) is 74.0 cm³/mol. The lowest BCUT2D eigenvalue weighted by atomic mass is 10.3. The van der Waals surface area contributed by atoms with E-state index >= 15 is 0 Å². The molecule has 1 heterocycles. The van der Waals surface area contributed by atoms with E-state index in [2.05, 4.69) is 21.2 Å². The van der Waals surface area contributed by atoms with Crippen molar-refractivity contribution in [3.05, 3.63) is 21.6 Å². The van der Waals surface area contributed by atoms with Crippen molar-refractivity contribution < 1.29 is 0 Å². The van der Waals surface area contributed by atoms with Crippen LogP contribution in [-0.4, -0.2) is 41.9 Å². The molecular weight excluding hydrogens is 252 g/mol. The van der Waals surface area contributed by atoms with Crippen LogP contribution in [0, 0.1) is 12.3 Å². The lowest BCUT2D eigenvalue weighted by Crippen LogP contribution is -2.26. The Hall–Kier alpha value is -1.51. The summed E-state index contributed by atoms with van der Waals surface area (Å²) in [7, 11) is 4.00. The first-order chi connectivity index (χ1) is 8.56. The summed E-state index contributed by atoms with van der Waals surface area (Å²) in [5.74, 6) is 2.38. The van der Waals surface area contributed by atoms with Crippen molar-refractivity contribution >= 4 is 17.3 Å². The molecule has 0 aliphatic rings. The van der Waals surface area contributed by atoms with E-state index < -0.39 is 0 Å². The normalized spacial score (nSPS) is 10.4. The zero-order chi connectivity index (χ0) is 13.5. The van der Waals surface area contributed by atoms with Gasteiger partial charge in [-0.3, -0.25) is 4.79 Å². The highest BCUT2D eigenvalue weighted by molar-refractivity contribution is 6.32. The quantitative estimate of drug-likeness (QED) is 0.615. The zero-order valence-electron chi connectivity index (χ0n) is 10.6. The van der Waals surface area contributed by atoms with Gasteiger partial charge in [0.25, 0.3) is 5.56 Å². The van der Waals surface area contributed by atoms with Gasteiger partial charge in [0, 0.05) is 6.54 Å². The summed E-state index contributed by atoms with van der Waals surface area (Å²) in [6.45, 7) is 1.75. The summed E-state index contributed by atoms with van der Waals surface area (Å²) in [5, 5.41) is 7.22. The van der Waals surface area contributed by atoms with Crippen LogP contribution >= 0.6 is 11.6 Å². The molecule has 0 fully saturated rings. The third kappa shape index (κ3) is 4.06. The Morgan fingerprint density at radius 2 is 2.33 bits per heavy atom. The van der Waals surface area contributed by atoms with Gasteiger partial charge in [0.2, 0.25) is 0 Å². The summed E-state index contributed by atoms with van der Waals surface area (Å²) < 4.78 is 1.21. The van der Waals surface area contributed by atoms with Gasteiger partial charge < -0.3 is 10.2 Å². The lowest BCUT2D eigenvalue weighted by Gasteiger charge is -2.11. The smallest absolute Gasteiger partial charge is 0.292 e. The van der Waals surface area contributed by atoms with Gasteiger partial charge >= 0.3 is 0 Å². The molecule has 6 heteroatoms. The second-order valence-electron chi connectivity index (χ2n) is 4.12. The first-order valence-electron chi connectivity index (χ1n) is 5.64. The molecule has 1 rings (SSSR count). The van der Waals surface area contributed by atoms with E-state index in [-0.39, 0.29) is 12.1 Å². The molecule has 1 N–H and O–H groups in total. The number of hydrogen-bond acceptors (Lipinski definition) is 4. The second kappa shape index (κ2) is 7.04. The van der Waals surface area contributed by atoms with Crippen LogP contribution in [0.3, 0.4) is 0 Å². The highest BCUT2D eigenvalue weighted by Gasteiger charge is 2.08. The summed E-state index contributed by atoms with van der Waals surface area (Å²) in [4.78, 5) is 14.0. The molecule has 1 aromatic rings. The van der Waals surface area contributed by atoms with Crippen LogP contribution in [-0.2, 0) is 6.54 Å².